The lowest BCUT2D eigenvalue weighted by Gasteiger charge is -2.07. The van der Waals surface area contributed by atoms with Gasteiger partial charge >= 0.3 is 6.18 Å². The number of aromatic amines is 1. The molecule has 0 aliphatic carbocycles. The molecular formula is C8H6F4N2O2S. The third-order valence-corrected chi connectivity index (χ3v) is 2.54. The van der Waals surface area contributed by atoms with Crippen molar-refractivity contribution >= 4 is 17.5 Å². The summed E-state index contributed by atoms with van der Waals surface area (Å²) < 4.78 is 49.7. The first kappa shape index (κ1) is 13.7. The number of carbonyl (C=O) groups excluding carboxylic acids is 1. The van der Waals surface area contributed by atoms with E-state index in [4.69, 9.17) is 0 Å². The van der Waals surface area contributed by atoms with Crippen molar-refractivity contribution in [2.75, 3.05) is 5.75 Å². The molecule has 1 N–H and O–H groups in total. The first-order valence-corrected chi connectivity index (χ1v) is 5.19. The van der Waals surface area contributed by atoms with Crippen LogP contribution in [0.5, 0.6) is 0 Å². The summed E-state index contributed by atoms with van der Waals surface area (Å²) in [4.78, 5) is 26.2. The standard InChI is InChI=1S/C8H6F4N2O2S/c1-3(15)2-17-7-13-5(8(10,11)12)4(9)6(16)14-7/h2H2,1H3,(H,13,14,16). The summed E-state index contributed by atoms with van der Waals surface area (Å²) in [5, 5.41) is -0.445. The van der Waals surface area contributed by atoms with Gasteiger partial charge in [-0.3, -0.25) is 14.6 Å². The Morgan fingerprint density at radius 1 is 1.47 bits per heavy atom. The summed E-state index contributed by atoms with van der Waals surface area (Å²) in [5.41, 5.74) is -3.40. The van der Waals surface area contributed by atoms with E-state index >= 15 is 0 Å². The Morgan fingerprint density at radius 3 is 2.53 bits per heavy atom. The summed E-state index contributed by atoms with van der Waals surface area (Å²) >= 11 is 0.599. The van der Waals surface area contributed by atoms with Gasteiger partial charge in [0.05, 0.1) is 5.75 Å². The van der Waals surface area contributed by atoms with Crippen LogP contribution in [0.2, 0.25) is 0 Å². The number of aromatic nitrogens is 2. The summed E-state index contributed by atoms with van der Waals surface area (Å²) in [7, 11) is 0. The second-order valence-corrected chi connectivity index (χ2v) is 3.99. The van der Waals surface area contributed by atoms with Crippen molar-refractivity contribution in [2.24, 2.45) is 0 Å². The van der Waals surface area contributed by atoms with Crippen LogP contribution in [0.4, 0.5) is 17.6 Å². The van der Waals surface area contributed by atoms with E-state index in [2.05, 4.69) is 4.98 Å². The monoisotopic (exact) mass is 270 g/mol. The van der Waals surface area contributed by atoms with Crippen LogP contribution in [-0.4, -0.2) is 21.5 Å². The van der Waals surface area contributed by atoms with E-state index in [1.54, 1.807) is 0 Å². The van der Waals surface area contributed by atoms with Gasteiger partial charge in [-0.25, -0.2) is 4.98 Å². The van der Waals surface area contributed by atoms with Crippen LogP contribution in [0.15, 0.2) is 9.95 Å². The number of halogens is 4. The number of ketones is 1. The number of thioether (sulfide) groups is 1. The Kier molecular flexibility index (Phi) is 3.91. The largest absolute Gasteiger partial charge is 0.436 e. The molecule has 0 aliphatic rings. The number of alkyl halides is 3. The summed E-state index contributed by atoms with van der Waals surface area (Å²) in [6.45, 7) is 1.22. The highest BCUT2D eigenvalue weighted by atomic mass is 32.2. The van der Waals surface area contributed by atoms with Crippen molar-refractivity contribution in [3.05, 3.63) is 21.9 Å². The second-order valence-electron chi connectivity index (χ2n) is 3.02. The molecule has 0 aromatic carbocycles. The summed E-state index contributed by atoms with van der Waals surface area (Å²) in [6, 6.07) is 0. The average molecular weight is 270 g/mol. The predicted molar refractivity (Wildman–Crippen MR) is 51.2 cm³/mol. The van der Waals surface area contributed by atoms with Crippen LogP contribution in [0, 0.1) is 5.82 Å². The Hall–Kier alpha value is -1.38. The number of hydrogen-bond acceptors (Lipinski definition) is 4. The van der Waals surface area contributed by atoms with Gasteiger partial charge in [0.15, 0.2) is 10.9 Å². The van der Waals surface area contributed by atoms with Crippen molar-refractivity contribution in [1.82, 2.24) is 9.97 Å². The van der Waals surface area contributed by atoms with Crippen molar-refractivity contribution in [1.29, 1.82) is 0 Å². The lowest BCUT2D eigenvalue weighted by atomic mass is 10.4. The van der Waals surface area contributed by atoms with Crippen molar-refractivity contribution in [3.8, 4) is 0 Å². The van der Waals surface area contributed by atoms with Gasteiger partial charge in [-0.05, 0) is 6.92 Å². The number of Topliss-reactive ketones (excluding diaryl/α,β-unsaturated/α-hetero) is 1. The summed E-state index contributed by atoms with van der Waals surface area (Å²) in [5.74, 6) is -2.45. The normalized spacial score (nSPS) is 11.6. The van der Waals surface area contributed by atoms with Crippen LogP contribution >= 0.6 is 11.8 Å². The highest BCUT2D eigenvalue weighted by Gasteiger charge is 2.38. The van der Waals surface area contributed by atoms with Crippen molar-refractivity contribution < 1.29 is 22.4 Å². The van der Waals surface area contributed by atoms with Crippen LogP contribution < -0.4 is 5.56 Å². The topological polar surface area (TPSA) is 62.8 Å². The maximum Gasteiger partial charge on any atom is 0.436 e. The van der Waals surface area contributed by atoms with E-state index in [1.807, 2.05) is 4.98 Å². The molecule has 1 rings (SSSR count). The lowest BCUT2D eigenvalue weighted by Crippen LogP contribution is -2.22. The van der Waals surface area contributed by atoms with Crippen LogP contribution in [0.25, 0.3) is 0 Å². The number of H-pyrrole nitrogens is 1. The minimum absolute atomic E-state index is 0.161. The Morgan fingerprint density at radius 2 is 2.06 bits per heavy atom. The third-order valence-electron chi connectivity index (χ3n) is 1.52. The van der Waals surface area contributed by atoms with Crippen LogP contribution in [0.1, 0.15) is 12.6 Å². The van der Waals surface area contributed by atoms with Crippen LogP contribution in [-0.2, 0) is 11.0 Å². The summed E-state index contributed by atoms with van der Waals surface area (Å²) in [6.07, 6.45) is -5.05. The molecule has 4 nitrogen and oxygen atoms in total. The highest BCUT2D eigenvalue weighted by Crippen LogP contribution is 2.29. The van der Waals surface area contributed by atoms with Crippen molar-refractivity contribution in [2.45, 2.75) is 18.3 Å². The number of nitrogens with zero attached hydrogens (tertiary/aromatic N) is 1. The molecule has 0 fully saturated rings. The first-order valence-electron chi connectivity index (χ1n) is 4.21. The minimum atomic E-state index is -5.05. The van der Waals surface area contributed by atoms with Gasteiger partial charge in [-0.15, -0.1) is 0 Å². The van der Waals surface area contributed by atoms with Gasteiger partial charge in [0.2, 0.25) is 5.82 Å². The fourth-order valence-corrected chi connectivity index (χ4v) is 1.52. The fourth-order valence-electron chi connectivity index (χ4n) is 0.864. The number of hydrogen-bond donors (Lipinski definition) is 1. The Bertz CT molecular complexity index is 497. The van der Waals surface area contributed by atoms with E-state index < -0.39 is 28.4 Å². The molecule has 0 aliphatic heterocycles. The SMILES string of the molecule is CC(=O)CSc1nc(C(F)(F)F)c(F)c(=O)[nH]1. The van der Waals surface area contributed by atoms with E-state index in [0.717, 1.165) is 0 Å². The molecule has 0 saturated carbocycles. The molecule has 0 unspecified atom stereocenters. The third kappa shape index (κ3) is 3.55. The number of carbonyl (C=O) groups is 1. The van der Waals surface area contributed by atoms with Gasteiger partial charge < -0.3 is 0 Å². The molecule has 1 aromatic heterocycles. The van der Waals surface area contributed by atoms with Gasteiger partial charge in [0, 0.05) is 0 Å². The van der Waals surface area contributed by atoms with E-state index in [9.17, 15) is 27.2 Å². The lowest BCUT2D eigenvalue weighted by molar-refractivity contribution is -0.144. The zero-order chi connectivity index (χ0) is 13.2. The van der Waals surface area contributed by atoms with Crippen molar-refractivity contribution in [3.63, 3.8) is 0 Å². The zero-order valence-corrected chi connectivity index (χ0v) is 9.21. The second kappa shape index (κ2) is 4.86. The molecule has 9 heteroatoms. The smallest absolute Gasteiger partial charge is 0.299 e. The molecule has 17 heavy (non-hydrogen) atoms. The minimum Gasteiger partial charge on any atom is -0.299 e. The number of rotatable bonds is 3. The molecule has 0 spiro atoms. The predicted octanol–water partition coefficient (Wildman–Crippen LogP) is 1.61. The Labute approximate surface area is 96.4 Å². The molecule has 0 amide bonds. The van der Waals surface area contributed by atoms with E-state index in [-0.39, 0.29) is 11.5 Å². The molecular weight excluding hydrogens is 264 g/mol. The quantitative estimate of drug-likeness (QED) is 0.515. The molecule has 0 saturated heterocycles. The molecule has 0 atom stereocenters. The van der Waals surface area contributed by atoms with Gasteiger partial charge in [0.1, 0.15) is 5.78 Å². The van der Waals surface area contributed by atoms with Gasteiger partial charge in [0.25, 0.3) is 5.56 Å². The highest BCUT2D eigenvalue weighted by molar-refractivity contribution is 7.99. The molecule has 0 bridgehead atoms. The van der Waals surface area contributed by atoms with E-state index in [1.165, 1.54) is 6.92 Å². The molecule has 1 heterocycles. The maximum atomic E-state index is 12.9. The van der Waals surface area contributed by atoms with Gasteiger partial charge in [-0.1, -0.05) is 11.8 Å². The fraction of sp³-hybridized carbons (Fsp3) is 0.375. The first-order chi connectivity index (χ1) is 7.71. The molecule has 1 aromatic rings. The average Bonchev–Trinajstić information content (AvgIpc) is 2.17. The zero-order valence-electron chi connectivity index (χ0n) is 8.39. The molecule has 94 valence electrons. The van der Waals surface area contributed by atoms with E-state index in [0.29, 0.717) is 11.8 Å². The Balaban J connectivity index is 3.15. The number of nitrogens with one attached hydrogen (secondary N) is 1. The van der Waals surface area contributed by atoms with Gasteiger partial charge in [-0.2, -0.15) is 17.6 Å². The maximum absolute atomic E-state index is 12.9. The molecule has 0 radical (unpaired) electrons. The van der Waals surface area contributed by atoms with Crippen LogP contribution in [0.3, 0.4) is 0 Å².